The van der Waals surface area contributed by atoms with Crippen LogP contribution < -0.4 is 0 Å². The van der Waals surface area contributed by atoms with E-state index >= 15 is 0 Å². The van der Waals surface area contributed by atoms with Gasteiger partial charge in [-0.3, -0.25) is 0 Å². The first-order valence-electron chi connectivity index (χ1n) is 10.4. The zero-order chi connectivity index (χ0) is 17.7. The van der Waals surface area contributed by atoms with E-state index in [0.29, 0.717) is 6.42 Å². The number of carbonyl (C=O) groups excluding carboxylic acids is 1. The van der Waals surface area contributed by atoms with Crippen molar-refractivity contribution >= 4 is 21.5 Å². The Hall–Kier alpha value is -0.198. The van der Waals surface area contributed by atoms with Crippen LogP contribution in [0.25, 0.3) is 0 Å². The fourth-order valence-corrected chi connectivity index (χ4v) is 3.33. The molecule has 0 amide bonds. The molecule has 0 N–H and O–H groups in total. The van der Waals surface area contributed by atoms with Gasteiger partial charge in [0.1, 0.15) is 0 Å². The summed E-state index contributed by atoms with van der Waals surface area (Å²) < 4.78 is 14.6. The summed E-state index contributed by atoms with van der Waals surface area (Å²) in [5, 5.41) is 0. The number of hydrogen-bond donors (Lipinski definition) is 0. The van der Waals surface area contributed by atoms with E-state index in [1.807, 2.05) is 0 Å². The molecule has 0 fully saturated rings. The van der Waals surface area contributed by atoms with Crippen molar-refractivity contribution < 1.29 is 12.4 Å². The van der Waals surface area contributed by atoms with Crippen LogP contribution in [0.3, 0.4) is 0 Å². The summed E-state index contributed by atoms with van der Waals surface area (Å²) in [5.74, 6) is -0.305. The van der Waals surface area contributed by atoms with Crippen LogP contribution in [-0.2, 0) is 12.4 Å². The third-order valence-corrected chi connectivity index (χ3v) is 5.02. The SMILES string of the molecule is CCCCCCCCCCCCCCCCCCCC(=O)[O][Al]=[O]. The van der Waals surface area contributed by atoms with Gasteiger partial charge >= 0.3 is 98.1 Å². The first-order chi connectivity index (χ1) is 11.8. The average molecular weight is 355 g/mol. The average Bonchev–Trinajstić information content (AvgIpc) is 2.58. The third kappa shape index (κ3) is 19.8. The second-order valence-electron chi connectivity index (χ2n) is 6.99. The summed E-state index contributed by atoms with van der Waals surface area (Å²) in [5.41, 5.74) is 0. The molecule has 3 nitrogen and oxygen atoms in total. The maximum absolute atomic E-state index is 11.0. The molecule has 0 aliphatic carbocycles. The van der Waals surface area contributed by atoms with Gasteiger partial charge in [-0.1, -0.05) is 58.3 Å². The quantitative estimate of drug-likeness (QED) is 0.195. The van der Waals surface area contributed by atoms with Gasteiger partial charge in [-0.2, -0.15) is 0 Å². The molecular weight excluding hydrogens is 315 g/mol. The fraction of sp³-hybridized carbons (Fsp3) is 0.950. The molecule has 0 aliphatic rings. The van der Waals surface area contributed by atoms with Crippen LogP contribution >= 0.6 is 0 Å². The zero-order valence-electron chi connectivity index (χ0n) is 16.0. The van der Waals surface area contributed by atoms with Gasteiger partial charge in [-0.25, -0.2) is 0 Å². The van der Waals surface area contributed by atoms with Gasteiger partial charge in [-0.05, 0) is 0 Å². The van der Waals surface area contributed by atoms with Crippen LogP contribution in [0.4, 0.5) is 0 Å². The molecule has 0 saturated heterocycles. The third-order valence-electron chi connectivity index (χ3n) is 4.66. The molecule has 0 aromatic heterocycles. The second-order valence-corrected chi connectivity index (χ2v) is 7.42. The molecule has 24 heavy (non-hydrogen) atoms. The Labute approximate surface area is 156 Å². The summed E-state index contributed by atoms with van der Waals surface area (Å²) in [4.78, 5) is 11.0. The molecule has 0 atom stereocenters. The Bertz CT molecular complexity index is 282. The summed E-state index contributed by atoms with van der Waals surface area (Å²) in [6.07, 6.45) is 23.1. The van der Waals surface area contributed by atoms with Crippen LogP contribution in [0, 0.1) is 0 Å². The first-order valence-corrected chi connectivity index (χ1v) is 11.4. The number of hydrogen-bond acceptors (Lipinski definition) is 3. The van der Waals surface area contributed by atoms with Gasteiger partial charge in [-0.15, -0.1) is 0 Å². The normalized spacial score (nSPS) is 10.5. The Balaban J connectivity index is 3.02. The first kappa shape index (κ1) is 23.8. The molecule has 0 aliphatic heterocycles. The molecule has 4 heteroatoms. The van der Waals surface area contributed by atoms with E-state index in [1.54, 1.807) is 0 Å². The number of unbranched alkanes of at least 4 members (excludes halogenated alkanes) is 16. The monoisotopic (exact) mass is 354 g/mol. The van der Waals surface area contributed by atoms with Crippen LogP contribution in [0.1, 0.15) is 122 Å². The Morgan fingerprint density at radius 3 is 1.29 bits per heavy atom. The molecule has 0 aromatic carbocycles. The second kappa shape index (κ2) is 20.8. The maximum atomic E-state index is 11.0. The molecule has 0 saturated carbocycles. The van der Waals surface area contributed by atoms with E-state index in [1.165, 1.54) is 96.3 Å². The molecule has 0 unspecified atom stereocenters. The zero-order valence-corrected chi connectivity index (χ0v) is 17.2. The van der Waals surface area contributed by atoms with E-state index in [9.17, 15) is 8.60 Å². The molecule has 0 radical (unpaired) electrons. The Kier molecular flexibility index (Phi) is 20.7. The van der Waals surface area contributed by atoms with Crippen molar-refractivity contribution in [1.29, 1.82) is 0 Å². The van der Waals surface area contributed by atoms with E-state index in [2.05, 4.69) is 10.7 Å². The van der Waals surface area contributed by atoms with Crippen LogP contribution in [-0.4, -0.2) is 21.5 Å². The minimum atomic E-state index is -1.38. The molecule has 0 spiro atoms. The van der Waals surface area contributed by atoms with Crippen LogP contribution in [0.5, 0.6) is 0 Å². The predicted octanol–water partition coefficient (Wildman–Crippen LogP) is 6.54. The van der Waals surface area contributed by atoms with Crippen molar-refractivity contribution in [3.63, 3.8) is 0 Å². The number of carbonyl (C=O) groups is 1. The van der Waals surface area contributed by atoms with Crippen molar-refractivity contribution in [3.05, 3.63) is 0 Å². The standard InChI is InChI=1S/C20H40O2.Al.O/c1-2-3-4-5-6-7-8-9-10-11-12-13-14-15-16-17-18-19-20(21)22;;/h2-19H2,1H3,(H,21,22);;/q;+1;/p-1. The van der Waals surface area contributed by atoms with Gasteiger partial charge in [0.25, 0.3) is 0 Å². The molecule has 0 heterocycles. The van der Waals surface area contributed by atoms with Crippen molar-refractivity contribution in [3.8, 4) is 0 Å². The van der Waals surface area contributed by atoms with Crippen LogP contribution in [0.2, 0.25) is 0 Å². The summed E-state index contributed by atoms with van der Waals surface area (Å²) in [7, 11) is 0. The van der Waals surface area contributed by atoms with Gasteiger partial charge in [0.2, 0.25) is 0 Å². The fourth-order valence-electron chi connectivity index (χ4n) is 3.11. The Morgan fingerprint density at radius 1 is 0.625 bits per heavy atom. The summed E-state index contributed by atoms with van der Waals surface area (Å²) >= 11 is -1.38. The molecule has 140 valence electrons. The predicted molar refractivity (Wildman–Crippen MR) is 101 cm³/mol. The summed E-state index contributed by atoms with van der Waals surface area (Å²) in [6.45, 7) is 2.28. The van der Waals surface area contributed by atoms with E-state index in [-0.39, 0.29) is 5.97 Å². The van der Waals surface area contributed by atoms with Crippen molar-refractivity contribution in [2.24, 2.45) is 0 Å². The molecular formula is C20H39AlO3. The van der Waals surface area contributed by atoms with Crippen molar-refractivity contribution in [2.75, 3.05) is 0 Å². The van der Waals surface area contributed by atoms with Crippen molar-refractivity contribution in [2.45, 2.75) is 122 Å². The van der Waals surface area contributed by atoms with Crippen LogP contribution in [0.15, 0.2) is 0 Å². The van der Waals surface area contributed by atoms with Gasteiger partial charge in [0.15, 0.2) is 0 Å². The number of rotatable bonds is 19. The van der Waals surface area contributed by atoms with Gasteiger partial charge in [0, 0.05) is 0 Å². The molecule has 0 rings (SSSR count). The van der Waals surface area contributed by atoms with E-state index < -0.39 is 15.5 Å². The van der Waals surface area contributed by atoms with Crippen molar-refractivity contribution in [1.82, 2.24) is 0 Å². The minimum absolute atomic E-state index is 0.305. The topological polar surface area (TPSA) is 43.4 Å². The van der Waals surface area contributed by atoms with Gasteiger partial charge < -0.3 is 0 Å². The molecule has 0 bridgehead atoms. The van der Waals surface area contributed by atoms with Gasteiger partial charge in [0.05, 0.1) is 0 Å². The molecule has 0 aromatic rings. The Morgan fingerprint density at radius 2 is 0.958 bits per heavy atom. The van der Waals surface area contributed by atoms with E-state index in [0.717, 1.165) is 12.8 Å². The van der Waals surface area contributed by atoms with E-state index in [4.69, 9.17) is 0 Å². The summed E-state index contributed by atoms with van der Waals surface area (Å²) in [6, 6.07) is 0.